The Morgan fingerprint density at radius 1 is 1.37 bits per heavy atom. The van der Waals surface area contributed by atoms with Crippen LogP contribution in [-0.4, -0.2) is 29.0 Å². The Morgan fingerprint density at radius 2 is 2.21 bits per heavy atom. The van der Waals surface area contributed by atoms with Gasteiger partial charge >= 0.3 is 0 Å². The van der Waals surface area contributed by atoms with Crippen LogP contribution in [0.2, 0.25) is 0 Å². The number of aromatic nitrogens is 2. The van der Waals surface area contributed by atoms with Crippen LogP contribution in [-0.2, 0) is 10.2 Å². The maximum Gasteiger partial charge on any atom is 0.235 e. The third-order valence-electron chi connectivity index (χ3n) is 5.04. The summed E-state index contributed by atoms with van der Waals surface area (Å²) < 4.78 is 7.76. The Hall–Kier alpha value is -1.88. The van der Waals surface area contributed by atoms with Crippen LogP contribution in [0.5, 0.6) is 0 Å². The Balaban J connectivity index is 1.73. The molecule has 0 bridgehead atoms. The average molecular weight is 255 g/mol. The maximum atomic E-state index is 12.5. The molecule has 5 rings (SSSR count). The van der Waals surface area contributed by atoms with Gasteiger partial charge in [0.2, 0.25) is 5.91 Å². The molecule has 0 atom stereocenters. The van der Waals surface area contributed by atoms with Crippen molar-refractivity contribution in [1.29, 1.82) is 0 Å². The number of carbonyl (C=O) groups excluding carboxylic acids is 1. The fraction of sp³-hybridized carbons (Fsp3) is 0.429. The lowest BCUT2D eigenvalue weighted by Crippen LogP contribution is -2.67. The van der Waals surface area contributed by atoms with Crippen molar-refractivity contribution in [2.24, 2.45) is 5.41 Å². The lowest BCUT2D eigenvalue weighted by molar-refractivity contribution is -0.132. The molecule has 3 N–H and O–H groups in total. The fourth-order valence-electron chi connectivity index (χ4n) is 4.20. The van der Waals surface area contributed by atoms with E-state index in [1.807, 2.05) is 0 Å². The first-order valence-corrected chi connectivity index (χ1v) is 6.63. The van der Waals surface area contributed by atoms with Gasteiger partial charge in [0.15, 0.2) is 0 Å². The number of anilines is 1. The summed E-state index contributed by atoms with van der Waals surface area (Å²) in [7, 11) is 0. The quantitative estimate of drug-likeness (QED) is 0.661. The minimum Gasteiger partial charge on any atom is -0.346 e. The van der Waals surface area contributed by atoms with E-state index in [2.05, 4.69) is 20.6 Å². The first-order chi connectivity index (χ1) is 9.62. The molecule has 4 heterocycles. The van der Waals surface area contributed by atoms with Crippen LogP contribution in [0.3, 0.4) is 0 Å². The predicted octanol–water partition coefficient (Wildman–Crippen LogP) is 1.14. The van der Waals surface area contributed by atoms with Crippen molar-refractivity contribution < 1.29 is 6.17 Å². The number of nitrogens with one attached hydrogen (secondary N) is 3. The van der Waals surface area contributed by atoms with Gasteiger partial charge in [-0.3, -0.25) is 4.79 Å². The van der Waals surface area contributed by atoms with Crippen LogP contribution in [0.25, 0.3) is 11.0 Å². The van der Waals surface area contributed by atoms with Crippen LogP contribution in [0.1, 0.15) is 19.8 Å². The molecule has 1 amide bonds. The van der Waals surface area contributed by atoms with E-state index < -0.39 is 5.41 Å². The molecule has 2 aromatic heterocycles. The van der Waals surface area contributed by atoms with E-state index in [1.54, 1.807) is 12.3 Å². The number of rotatable bonds is 0. The van der Waals surface area contributed by atoms with Crippen LogP contribution >= 0.6 is 0 Å². The SMILES string of the molecule is [2H]c1cc2c3c(cnc2[nH]1)NC(=O)C31CC2(CNC2)C1. The van der Waals surface area contributed by atoms with Crippen LogP contribution in [0.15, 0.2) is 18.4 Å². The second-order valence-corrected chi connectivity index (χ2v) is 6.22. The van der Waals surface area contributed by atoms with E-state index in [0.29, 0.717) is 17.2 Å². The zero-order valence-corrected chi connectivity index (χ0v) is 10.3. The Morgan fingerprint density at radius 3 is 2.95 bits per heavy atom. The number of fused-ring (bicyclic) bond motifs is 4. The van der Waals surface area contributed by atoms with Crippen molar-refractivity contribution in [3.63, 3.8) is 0 Å². The largest absolute Gasteiger partial charge is 0.346 e. The van der Waals surface area contributed by atoms with Crippen molar-refractivity contribution in [3.8, 4) is 0 Å². The van der Waals surface area contributed by atoms with Gasteiger partial charge < -0.3 is 15.6 Å². The summed E-state index contributed by atoms with van der Waals surface area (Å²) in [4.78, 5) is 19.7. The molecule has 1 aliphatic carbocycles. The van der Waals surface area contributed by atoms with Crippen LogP contribution in [0, 0.1) is 5.41 Å². The summed E-state index contributed by atoms with van der Waals surface area (Å²) in [6.45, 7) is 2.03. The van der Waals surface area contributed by atoms with E-state index in [1.165, 1.54) is 0 Å². The third kappa shape index (κ3) is 0.985. The Labute approximate surface area is 111 Å². The molecule has 2 aromatic rings. The molecule has 5 heteroatoms. The molecule has 0 unspecified atom stereocenters. The Kier molecular flexibility index (Phi) is 1.35. The normalized spacial score (nSPS) is 25.9. The molecule has 2 aliphatic heterocycles. The van der Waals surface area contributed by atoms with E-state index >= 15 is 0 Å². The number of pyridine rings is 1. The molecule has 1 saturated heterocycles. The molecule has 19 heavy (non-hydrogen) atoms. The molecule has 2 fully saturated rings. The highest BCUT2D eigenvalue weighted by Crippen LogP contribution is 2.62. The molecule has 0 aromatic carbocycles. The van der Waals surface area contributed by atoms with Gasteiger partial charge in [0.05, 0.1) is 18.7 Å². The van der Waals surface area contributed by atoms with Gasteiger partial charge in [-0.1, -0.05) is 0 Å². The Bertz CT molecular complexity index is 769. The van der Waals surface area contributed by atoms with Gasteiger partial charge in [-0.25, -0.2) is 4.98 Å². The number of hydrogen-bond acceptors (Lipinski definition) is 3. The molecule has 1 saturated carbocycles. The monoisotopic (exact) mass is 255 g/mol. The standard InChI is InChI=1S/C14H14N4O/c19-12-14(4-13(5-14)6-15-7-13)10-8-1-2-16-11(8)17-3-9(10)18-12/h1-3,15H,4-7H2,(H,16,17)(H,18,19)/i2D. The summed E-state index contributed by atoms with van der Waals surface area (Å²) in [6.07, 6.45) is 3.87. The van der Waals surface area contributed by atoms with E-state index in [-0.39, 0.29) is 5.91 Å². The molecule has 0 radical (unpaired) electrons. The number of amides is 1. The van der Waals surface area contributed by atoms with Crippen LogP contribution < -0.4 is 10.6 Å². The minimum atomic E-state index is -0.396. The van der Waals surface area contributed by atoms with Crippen molar-refractivity contribution in [3.05, 3.63) is 24.0 Å². The number of nitrogens with zero attached hydrogens (tertiary/aromatic N) is 1. The molecule has 3 aliphatic rings. The maximum absolute atomic E-state index is 12.5. The molecule has 2 spiro atoms. The first-order valence-electron chi connectivity index (χ1n) is 7.13. The zero-order chi connectivity index (χ0) is 13.5. The highest BCUT2D eigenvalue weighted by molar-refractivity contribution is 6.11. The van der Waals surface area contributed by atoms with Gasteiger partial charge in [-0.15, -0.1) is 0 Å². The van der Waals surface area contributed by atoms with Gasteiger partial charge in [-0.05, 0) is 24.3 Å². The summed E-state index contributed by atoms with van der Waals surface area (Å²) in [5, 5.41) is 7.21. The lowest BCUT2D eigenvalue weighted by atomic mass is 9.48. The highest BCUT2D eigenvalue weighted by atomic mass is 16.2. The number of H-pyrrole nitrogens is 1. The number of hydrogen-bond donors (Lipinski definition) is 3. The smallest absolute Gasteiger partial charge is 0.235 e. The van der Waals surface area contributed by atoms with E-state index in [9.17, 15) is 4.79 Å². The van der Waals surface area contributed by atoms with Crippen molar-refractivity contribution >= 4 is 22.6 Å². The summed E-state index contributed by atoms with van der Waals surface area (Å²) in [5.74, 6) is 0.104. The number of aromatic amines is 1. The fourth-order valence-corrected chi connectivity index (χ4v) is 4.20. The highest BCUT2D eigenvalue weighted by Gasteiger charge is 2.64. The van der Waals surface area contributed by atoms with Gasteiger partial charge in [0.1, 0.15) is 5.65 Å². The number of carbonyl (C=O) groups is 1. The van der Waals surface area contributed by atoms with E-state index in [0.717, 1.165) is 42.6 Å². The molecular weight excluding hydrogens is 240 g/mol. The van der Waals surface area contributed by atoms with Crippen molar-refractivity contribution in [1.82, 2.24) is 15.3 Å². The van der Waals surface area contributed by atoms with Crippen molar-refractivity contribution in [2.45, 2.75) is 18.3 Å². The minimum absolute atomic E-state index is 0.104. The second kappa shape index (κ2) is 2.82. The van der Waals surface area contributed by atoms with Gasteiger partial charge in [-0.2, -0.15) is 0 Å². The van der Waals surface area contributed by atoms with E-state index in [4.69, 9.17) is 1.37 Å². The molecule has 96 valence electrons. The van der Waals surface area contributed by atoms with Gasteiger partial charge in [0, 0.05) is 30.2 Å². The first kappa shape index (κ1) is 9.09. The van der Waals surface area contributed by atoms with Crippen molar-refractivity contribution in [2.75, 3.05) is 18.4 Å². The molecule has 5 nitrogen and oxygen atoms in total. The zero-order valence-electron chi connectivity index (χ0n) is 11.3. The summed E-state index contributed by atoms with van der Waals surface area (Å²) >= 11 is 0. The molecular formula is C14H14N4O. The lowest BCUT2D eigenvalue weighted by Gasteiger charge is -2.59. The second-order valence-electron chi connectivity index (χ2n) is 6.22. The predicted molar refractivity (Wildman–Crippen MR) is 70.9 cm³/mol. The van der Waals surface area contributed by atoms with Gasteiger partial charge in [0.25, 0.3) is 0 Å². The summed E-state index contributed by atoms with van der Waals surface area (Å²) in [6, 6.07) is 1.78. The topological polar surface area (TPSA) is 69.8 Å². The summed E-state index contributed by atoms with van der Waals surface area (Å²) in [5.41, 5.74) is 2.50. The van der Waals surface area contributed by atoms with Crippen LogP contribution in [0.4, 0.5) is 5.69 Å². The third-order valence-corrected chi connectivity index (χ3v) is 5.04. The average Bonchev–Trinajstić information content (AvgIpc) is 2.80.